The number of ether oxygens (including phenoxy) is 2. The molecule has 1 aromatic carbocycles. The van der Waals surface area contributed by atoms with E-state index in [4.69, 9.17) is 9.47 Å². The zero-order chi connectivity index (χ0) is 11.4. The van der Waals surface area contributed by atoms with Gasteiger partial charge in [0.2, 0.25) is 0 Å². The van der Waals surface area contributed by atoms with Gasteiger partial charge in [0.1, 0.15) is 6.61 Å². The van der Waals surface area contributed by atoms with Crippen molar-refractivity contribution in [3.63, 3.8) is 0 Å². The number of carbonyl (C=O) groups excluding carboxylic acids is 2. The van der Waals surface area contributed by atoms with Crippen LogP contribution in [0.15, 0.2) is 30.3 Å². The molecule has 1 fully saturated rings. The monoisotopic (exact) mass is 238 g/mol. The number of benzene rings is 1. The number of hydrogen-bond acceptors (Lipinski definition) is 5. The van der Waals surface area contributed by atoms with Crippen LogP contribution in [0.2, 0.25) is 0 Å². The molecule has 0 amide bonds. The maximum atomic E-state index is 11.5. The molecule has 0 aromatic heterocycles. The van der Waals surface area contributed by atoms with E-state index in [9.17, 15) is 9.59 Å². The molecule has 2 rings (SSSR count). The van der Waals surface area contributed by atoms with E-state index < -0.39 is 5.97 Å². The number of hydrogen-bond donors (Lipinski definition) is 0. The summed E-state index contributed by atoms with van der Waals surface area (Å²) in [6.07, 6.45) is 0. The molecule has 84 valence electrons. The molecule has 5 heteroatoms. The molecule has 0 N–H and O–H groups in total. The summed E-state index contributed by atoms with van der Waals surface area (Å²) >= 11 is 1.34. The van der Waals surface area contributed by atoms with Gasteiger partial charge in [-0.2, -0.15) is 0 Å². The van der Waals surface area contributed by atoms with Crippen molar-refractivity contribution in [1.82, 2.24) is 0 Å². The summed E-state index contributed by atoms with van der Waals surface area (Å²) in [5.41, 5.74) is 0.136. The lowest BCUT2D eigenvalue weighted by Crippen LogP contribution is -2.16. The van der Waals surface area contributed by atoms with E-state index in [1.54, 1.807) is 24.3 Å². The highest BCUT2D eigenvalue weighted by atomic mass is 32.2. The highest BCUT2D eigenvalue weighted by Gasteiger charge is 2.25. The van der Waals surface area contributed by atoms with Crippen LogP contribution in [0.4, 0.5) is 0 Å². The smallest absolute Gasteiger partial charge is 0.338 e. The zero-order valence-electron chi connectivity index (χ0n) is 8.42. The van der Waals surface area contributed by atoms with Crippen LogP contribution in [-0.4, -0.2) is 29.7 Å². The van der Waals surface area contributed by atoms with E-state index in [1.165, 1.54) is 11.8 Å². The summed E-state index contributed by atoms with van der Waals surface area (Å²) in [6, 6.07) is 8.71. The molecule has 0 bridgehead atoms. The normalized spacial score (nSPS) is 19.2. The maximum absolute atomic E-state index is 11.5. The third kappa shape index (κ3) is 2.76. The molecule has 1 aliphatic heterocycles. The van der Waals surface area contributed by atoms with Crippen LogP contribution in [0.25, 0.3) is 0 Å². The van der Waals surface area contributed by atoms with E-state index in [0.717, 1.165) is 0 Å². The first kappa shape index (κ1) is 11.0. The van der Waals surface area contributed by atoms with Crippen LogP contribution in [0, 0.1) is 0 Å². The van der Waals surface area contributed by atoms with Gasteiger partial charge in [-0.25, -0.2) is 4.79 Å². The number of thioether (sulfide) groups is 1. The van der Waals surface area contributed by atoms with Crippen LogP contribution in [-0.2, 0) is 14.3 Å². The van der Waals surface area contributed by atoms with Crippen molar-refractivity contribution in [1.29, 1.82) is 0 Å². The first-order valence-corrected chi connectivity index (χ1v) is 5.84. The summed E-state index contributed by atoms with van der Waals surface area (Å²) in [5, 5.41) is 0. The van der Waals surface area contributed by atoms with Crippen molar-refractivity contribution in [2.45, 2.75) is 5.44 Å². The van der Waals surface area contributed by atoms with Gasteiger partial charge in [-0.3, -0.25) is 4.79 Å². The molecule has 1 aromatic rings. The topological polar surface area (TPSA) is 52.6 Å². The Hall–Kier alpha value is -1.49. The minimum atomic E-state index is -0.399. The summed E-state index contributed by atoms with van der Waals surface area (Å²) in [6.45, 7) is 0.101. The van der Waals surface area contributed by atoms with Crippen molar-refractivity contribution >= 4 is 23.7 Å². The average Bonchev–Trinajstić information content (AvgIpc) is 2.73. The molecule has 0 radical (unpaired) electrons. The van der Waals surface area contributed by atoms with Gasteiger partial charge in [-0.1, -0.05) is 18.2 Å². The van der Waals surface area contributed by atoms with Gasteiger partial charge in [0.05, 0.1) is 11.3 Å². The Morgan fingerprint density at radius 2 is 2.19 bits per heavy atom. The molecule has 0 aliphatic carbocycles. The lowest BCUT2D eigenvalue weighted by Gasteiger charge is -2.08. The minimum absolute atomic E-state index is 0.101. The fraction of sp³-hybridized carbons (Fsp3) is 0.273. The number of cyclic esters (lactones) is 1. The third-order valence-electron chi connectivity index (χ3n) is 2.01. The molecule has 0 saturated carbocycles. The SMILES string of the molecule is O=C1CS[C@H](COC(=O)c2ccccc2)O1. The van der Waals surface area contributed by atoms with E-state index in [1.807, 2.05) is 6.07 Å². The predicted octanol–water partition coefficient (Wildman–Crippen LogP) is 1.46. The molecule has 0 spiro atoms. The van der Waals surface area contributed by atoms with E-state index >= 15 is 0 Å². The quantitative estimate of drug-likeness (QED) is 0.746. The fourth-order valence-corrected chi connectivity index (χ4v) is 1.99. The van der Waals surface area contributed by atoms with Gasteiger partial charge in [0, 0.05) is 0 Å². The van der Waals surface area contributed by atoms with Gasteiger partial charge >= 0.3 is 11.9 Å². The van der Waals surface area contributed by atoms with Gasteiger partial charge < -0.3 is 9.47 Å². The Kier molecular flexibility index (Phi) is 3.46. The first-order valence-electron chi connectivity index (χ1n) is 4.79. The lowest BCUT2D eigenvalue weighted by atomic mass is 10.2. The Balaban J connectivity index is 1.82. The molecule has 1 aliphatic rings. The van der Waals surface area contributed by atoms with Crippen molar-refractivity contribution in [2.24, 2.45) is 0 Å². The lowest BCUT2D eigenvalue weighted by molar-refractivity contribution is -0.141. The zero-order valence-corrected chi connectivity index (χ0v) is 9.24. The van der Waals surface area contributed by atoms with Crippen molar-refractivity contribution < 1.29 is 19.1 Å². The van der Waals surface area contributed by atoms with Gasteiger partial charge in [-0.05, 0) is 12.1 Å². The Labute approximate surface area is 96.9 Å². The first-order chi connectivity index (χ1) is 7.75. The van der Waals surface area contributed by atoms with Gasteiger partial charge in [0.25, 0.3) is 0 Å². The molecule has 1 atom stereocenters. The van der Waals surface area contributed by atoms with Crippen LogP contribution in [0.1, 0.15) is 10.4 Å². The summed E-state index contributed by atoms with van der Waals surface area (Å²) in [5.74, 6) is -0.331. The Morgan fingerprint density at radius 3 is 2.81 bits per heavy atom. The highest BCUT2D eigenvalue weighted by Crippen LogP contribution is 2.21. The second-order valence-corrected chi connectivity index (χ2v) is 4.34. The highest BCUT2D eigenvalue weighted by molar-refractivity contribution is 8.00. The predicted molar refractivity (Wildman–Crippen MR) is 59.1 cm³/mol. The number of rotatable bonds is 3. The van der Waals surface area contributed by atoms with Crippen molar-refractivity contribution in [3.05, 3.63) is 35.9 Å². The van der Waals surface area contributed by atoms with E-state index in [-0.39, 0.29) is 18.0 Å². The molecule has 1 saturated heterocycles. The number of esters is 2. The summed E-state index contributed by atoms with van der Waals surface area (Å²) < 4.78 is 9.92. The largest absolute Gasteiger partial charge is 0.457 e. The second-order valence-electron chi connectivity index (χ2n) is 3.19. The Morgan fingerprint density at radius 1 is 1.44 bits per heavy atom. The van der Waals surface area contributed by atoms with Crippen molar-refractivity contribution in [3.8, 4) is 0 Å². The standard InChI is InChI=1S/C11H10O4S/c12-9-7-16-10(15-9)6-14-11(13)8-4-2-1-3-5-8/h1-5,10H,6-7H2/t10-/m1/s1. The van der Waals surface area contributed by atoms with Crippen LogP contribution in [0.5, 0.6) is 0 Å². The summed E-state index contributed by atoms with van der Waals surface area (Å²) in [4.78, 5) is 22.3. The van der Waals surface area contributed by atoms with Crippen LogP contribution < -0.4 is 0 Å². The fourth-order valence-electron chi connectivity index (χ4n) is 1.26. The third-order valence-corrected chi connectivity index (χ3v) is 3.02. The van der Waals surface area contributed by atoms with Crippen molar-refractivity contribution in [2.75, 3.05) is 12.4 Å². The molecule has 0 unspecified atom stereocenters. The minimum Gasteiger partial charge on any atom is -0.457 e. The maximum Gasteiger partial charge on any atom is 0.338 e. The molecule has 4 nitrogen and oxygen atoms in total. The van der Waals surface area contributed by atoms with E-state index in [2.05, 4.69) is 0 Å². The number of carbonyl (C=O) groups is 2. The molecular weight excluding hydrogens is 228 g/mol. The molecule has 16 heavy (non-hydrogen) atoms. The molecular formula is C11H10O4S. The van der Waals surface area contributed by atoms with Crippen LogP contribution >= 0.6 is 11.8 Å². The van der Waals surface area contributed by atoms with E-state index in [0.29, 0.717) is 11.3 Å². The van der Waals surface area contributed by atoms with Gasteiger partial charge in [0.15, 0.2) is 5.44 Å². The second kappa shape index (κ2) is 5.03. The average molecular weight is 238 g/mol. The molecule has 1 heterocycles. The Bertz CT molecular complexity index is 390. The van der Waals surface area contributed by atoms with Crippen LogP contribution in [0.3, 0.4) is 0 Å². The summed E-state index contributed by atoms with van der Waals surface area (Å²) in [7, 11) is 0. The van der Waals surface area contributed by atoms with Gasteiger partial charge in [-0.15, -0.1) is 11.8 Å².